The predicted octanol–water partition coefficient (Wildman–Crippen LogP) is 2.05. The Bertz CT molecular complexity index is 1010. The summed E-state index contributed by atoms with van der Waals surface area (Å²) in [5.41, 5.74) is 1.86. The number of hydrogen-bond acceptors (Lipinski definition) is 5. The monoisotopic (exact) mass is 432 g/mol. The third-order valence-electron chi connectivity index (χ3n) is 5.85. The molecule has 0 unspecified atom stereocenters. The number of amides is 2. The first kappa shape index (κ1) is 21.5. The van der Waals surface area contributed by atoms with Crippen molar-refractivity contribution >= 4 is 17.6 Å². The fourth-order valence-corrected chi connectivity index (χ4v) is 4.07. The van der Waals surface area contributed by atoms with Crippen LogP contribution >= 0.6 is 0 Å². The first-order valence-electron chi connectivity index (χ1n) is 10.9. The number of anilines is 1. The number of pyridine rings is 1. The molecule has 3 heterocycles. The number of piperidine rings is 1. The van der Waals surface area contributed by atoms with E-state index in [0.29, 0.717) is 0 Å². The SMILES string of the molecule is CNC(=O)CN(C(=O)Cc1ccc(-n2cccn2)cc1)C1CCN(c2ccccn2)CC1. The molecule has 166 valence electrons. The smallest absolute Gasteiger partial charge is 0.239 e. The molecule has 0 radical (unpaired) electrons. The van der Waals surface area contributed by atoms with Gasteiger partial charge in [0.15, 0.2) is 0 Å². The van der Waals surface area contributed by atoms with E-state index in [-0.39, 0.29) is 30.8 Å². The van der Waals surface area contributed by atoms with E-state index in [1.807, 2.05) is 54.7 Å². The lowest BCUT2D eigenvalue weighted by atomic mass is 10.0. The Morgan fingerprint density at radius 3 is 2.47 bits per heavy atom. The van der Waals surface area contributed by atoms with Crippen LogP contribution in [0.1, 0.15) is 18.4 Å². The van der Waals surface area contributed by atoms with Gasteiger partial charge in [-0.1, -0.05) is 18.2 Å². The number of carbonyl (C=O) groups excluding carboxylic acids is 2. The van der Waals surface area contributed by atoms with Crippen LogP contribution < -0.4 is 10.2 Å². The third-order valence-corrected chi connectivity index (χ3v) is 5.85. The highest BCUT2D eigenvalue weighted by atomic mass is 16.2. The molecule has 8 heteroatoms. The second kappa shape index (κ2) is 10.1. The standard InChI is InChI=1S/C24H28N6O2/c1-25-23(31)18-29(20-10-15-28(16-11-20)22-5-2-3-12-26-22)24(32)17-19-6-8-21(9-7-19)30-14-4-13-27-30/h2-9,12-14,20H,10-11,15-18H2,1H3,(H,25,31). The zero-order valence-electron chi connectivity index (χ0n) is 18.2. The molecule has 1 aromatic carbocycles. The molecule has 3 aromatic rings. The fraction of sp³-hybridized carbons (Fsp3) is 0.333. The molecule has 1 N–H and O–H groups in total. The highest BCUT2D eigenvalue weighted by Crippen LogP contribution is 2.22. The minimum Gasteiger partial charge on any atom is -0.358 e. The van der Waals surface area contributed by atoms with Gasteiger partial charge in [-0.05, 0) is 48.7 Å². The van der Waals surface area contributed by atoms with Gasteiger partial charge < -0.3 is 15.1 Å². The second-order valence-electron chi connectivity index (χ2n) is 7.89. The maximum Gasteiger partial charge on any atom is 0.239 e. The minimum absolute atomic E-state index is 0.0307. The maximum atomic E-state index is 13.2. The first-order valence-corrected chi connectivity index (χ1v) is 10.9. The summed E-state index contributed by atoms with van der Waals surface area (Å²) in [5, 5.41) is 6.87. The summed E-state index contributed by atoms with van der Waals surface area (Å²) in [6, 6.07) is 15.6. The van der Waals surface area contributed by atoms with Crippen molar-refractivity contribution in [1.82, 2.24) is 25.0 Å². The van der Waals surface area contributed by atoms with Crippen LogP contribution in [0.25, 0.3) is 5.69 Å². The molecule has 1 saturated heterocycles. The van der Waals surface area contributed by atoms with E-state index in [9.17, 15) is 9.59 Å². The highest BCUT2D eigenvalue weighted by molar-refractivity contribution is 5.86. The normalized spacial score (nSPS) is 14.2. The van der Waals surface area contributed by atoms with E-state index in [1.165, 1.54) is 0 Å². The number of rotatable bonds is 7. The van der Waals surface area contributed by atoms with Gasteiger partial charge in [-0.2, -0.15) is 5.10 Å². The Balaban J connectivity index is 1.42. The van der Waals surface area contributed by atoms with Crippen molar-refractivity contribution in [2.75, 3.05) is 31.6 Å². The van der Waals surface area contributed by atoms with Gasteiger partial charge in [-0.25, -0.2) is 9.67 Å². The third kappa shape index (κ3) is 5.14. The average molecular weight is 433 g/mol. The highest BCUT2D eigenvalue weighted by Gasteiger charge is 2.29. The van der Waals surface area contributed by atoms with Crippen molar-refractivity contribution in [3.8, 4) is 5.69 Å². The lowest BCUT2D eigenvalue weighted by molar-refractivity contribution is -0.138. The van der Waals surface area contributed by atoms with Gasteiger partial charge in [-0.15, -0.1) is 0 Å². The zero-order chi connectivity index (χ0) is 22.3. The molecule has 0 aliphatic carbocycles. The van der Waals surface area contributed by atoms with E-state index < -0.39 is 0 Å². The van der Waals surface area contributed by atoms with Gasteiger partial charge >= 0.3 is 0 Å². The Kier molecular flexibility index (Phi) is 6.79. The lowest BCUT2D eigenvalue weighted by Crippen LogP contribution is -2.51. The van der Waals surface area contributed by atoms with E-state index in [4.69, 9.17) is 0 Å². The Morgan fingerprint density at radius 1 is 1.06 bits per heavy atom. The van der Waals surface area contributed by atoms with Crippen molar-refractivity contribution in [3.05, 3.63) is 72.7 Å². The van der Waals surface area contributed by atoms with Crippen LogP contribution in [0.4, 0.5) is 5.82 Å². The quantitative estimate of drug-likeness (QED) is 0.618. The molecule has 4 rings (SSSR count). The molecule has 0 saturated carbocycles. The average Bonchev–Trinajstić information content (AvgIpc) is 3.38. The van der Waals surface area contributed by atoms with E-state index in [0.717, 1.165) is 43.0 Å². The van der Waals surface area contributed by atoms with Gasteiger partial charge in [0.1, 0.15) is 5.82 Å². The van der Waals surface area contributed by atoms with Crippen molar-refractivity contribution < 1.29 is 9.59 Å². The maximum absolute atomic E-state index is 13.2. The molecular formula is C24H28N6O2. The number of carbonyl (C=O) groups is 2. The van der Waals surface area contributed by atoms with Gasteiger partial charge in [0.25, 0.3) is 0 Å². The Morgan fingerprint density at radius 2 is 1.84 bits per heavy atom. The molecule has 32 heavy (non-hydrogen) atoms. The van der Waals surface area contributed by atoms with Gasteiger partial charge in [-0.3, -0.25) is 9.59 Å². The molecule has 8 nitrogen and oxygen atoms in total. The summed E-state index contributed by atoms with van der Waals surface area (Å²) in [7, 11) is 1.60. The van der Waals surface area contributed by atoms with Gasteiger partial charge in [0, 0.05) is 44.8 Å². The molecule has 1 aliphatic heterocycles. The summed E-state index contributed by atoms with van der Waals surface area (Å²) in [6.45, 7) is 1.69. The molecule has 1 aliphatic rings. The molecule has 1 fully saturated rings. The van der Waals surface area contributed by atoms with Crippen LogP contribution in [0.5, 0.6) is 0 Å². The zero-order valence-corrected chi connectivity index (χ0v) is 18.2. The molecule has 0 spiro atoms. The summed E-state index contributed by atoms with van der Waals surface area (Å²) >= 11 is 0. The molecule has 2 amide bonds. The second-order valence-corrected chi connectivity index (χ2v) is 7.89. The summed E-state index contributed by atoms with van der Waals surface area (Å²) in [6.07, 6.45) is 7.27. The topological polar surface area (TPSA) is 83.4 Å². The first-order chi connectivity index (χ1) is 15.6. The minimum atomic E-state index is -0.153. The molecule has 0 bridgehead atoms. The van der Waals surface area contributed by atoms with Crippen LogP contribution in [0.3, 0.4) is 0 Å². The largest absolute Gasteiger partial charge is 0.358 e. The predicted molar refractivity (Wildman–Crippen MR) is 123 cm³/mol. The number of likely N-dealkylation sites (N-methyl/N-ethyl adjacent to an activating group) is 1. The number of aromatic nitrogens is 3. The molecule has 0 atom stereocenters. The van der Waals surface area contributed by atoms with Crippen LogP contribution in [0.15, 0.2) is 67.1 Å². The van der Waals surface area contributed by atoms with Crippen molar-refractivity contribution in [2.24, 2.45) is 0 Å². The fourth-order valence-electron chi connectivity index (χ4n) is 4.07. The number of nitrogens with one attached hydrogen (secondary N) is 1. The summed E-state index contributed by atoms with van der Waals surface area (Å²) in [4.78, 5) is 33.8. The van der Waals surface area contributed by atoms with Gasteiger partial charge in [0.2, 0.25) is 11.8 Å². The van der Waals surface area contributed by atoms with Crippen LogP contribution in [0, 0.1) is 0 Å². The van der Waals surface area contributed by atoms with Gasteiger partial charge in [0.05, 0.1) is 18.7 Å². The van der Waals surface area contributed by atoms with Crippen LogP contribution in [-0.2, 0) is 16.0 Å². The van der Waals surface area contributed by atoms with E-state index in [1.54, 1.807) is 29.0 Å². The Hall–Kier alpha value is -3.68. The van der Waals surface area contributed by atoms with Crippen LogP contribution in [0.2, 0.25) is 0 Å². The van der Waals surface area contributed by atoms with E-state index in [2.05, 4.69) is 20.3 Å². The number of benzene rings is 1. The molecular weight excluding hydrogens is 404 g/mol. The number of hydrogen-bond donors (Lipinski definition) is 1. The van der Waals surface area contributed by atoms with Crippen molar-refractivity contribution in [1.29, 1.82) is 0 Å². The number of nitrogens with zero attached hydrogens (tertiary/aromatic N) is 5. The van der Waals surface area contributed by atoms with Crippen molar-refractivity contribution in [3.63, 3.8) is 0 Å². The Labute approximate surface area is 187 Å². The molecule has 2 aromatic heterocycles. The lowest BCUT2D eigenvalue weighted by Gasteiger charge is -2.38. The van der Waals surface area contributed by atoms with E-state index >= 15 is 0 Å². The summed E-state index contributed by atoms with van der Waals surface area (Å²) in [5.74, 6) is 0.767. The van der Waals surface area contributed by atoms with Crippen LogP contribution in [-0.4, -0.2) is 64.2 Å². The van der Waals surface area contributed by atoms with Crippen molar-refractivity contribution in [2.45, 2.75) is 25.3 Å². The summed E-state index contributed by atoms with van der Waals surface area (Å²) < 4.78 is 1.78.